The van der Waals surface area contributed by atoms with Gasteiger partial charge in [0.1, 0.15) is 5.01 Å². The Bertz CT molecular complexity index is 643. The van der Waals surface area contributed by atoms with Crippen molar-refractivity contribution in [1.82, 2.24) is 20.6 Å². The monoisotopic (exact) mass is 320 g/mol. The molecule has 2 heterocycles. The Kier molecular flexibility index (Phi) is 5.32. The molecule has 0 aromatic carbocycles. The molecule has 1 atom stereocenters. The zero-order valence-electron chi connectivity index (χ0n) is 13.1. The number of ether oxygens (including phenoxy) is 1. The van der Waals surface area contributed by atoms with Crippen LogP contribution in [-0.2, 0) is 6.54 Å². The van der Waals surface area contributed by atoms with Gasteiger partial charge in [-0.25, -0.2) is 14.8 Å². The number of nitrogens with zero attached hydrogens (tertiary/aromatic N) is 2. The summed E-state index contributed by atoms with van der Waals surface area (Å²) >= 11 is 1.51. The number of hydrogen-bond donors (Lipinski definition) is 2. The molecule has 0 spiro atoms. The zero-order chi connectivity index (χ0) is 16.1. The van der Waals surface area contributed by atoms with Crippen LogP contribution in [0.4, 0.5) is 4.79 Å². The van der Waals surface area contributed by atoms with Gasteiger partial charge < -0.3 is 15.4 Å². The first-order valence-electron chi connectivity index (χ1n) is 6.96. The van der Waals surface area contributed by atoms with Crippen LogP contribution >= 0.6 is 11.3 Å². The lowest BCUT2D eigenvalue weighted by molar-refractivity contribution is 0.237. The lowest BCUT2D eigenvalue weighted by atomic mass is 10.1. The van der Waals surface area contributed by atoms with Gasteiger partial charge in [-0.2, -0.15) is 0 Å². The fraction of sp³-hybridized carbons (Fsp3) is 0.400. The summed E-state index contributed by atoms with van der Waals surface area (Å²) in [6.07, 6.45) is 1.72. The van der Waals surface area contributed by atoms with Crippen LogP contribution in [0.2, 0.25) is 0 Å². The molecular formula is C15H20N4O2S. The first-order valence-corrected chi connectivity index (χ1v) is 7.84. The number of amides is 2. The Hall–Kier alpha value is -2.15. The highest BCUT2D eigenvalue weighted by molar-refractivity contribution is 7.09. The maximum absolute atomic E-state index is 12.0. The summed E-state index contributed by atoms with van der Waals surface area (Å²) in [6, 6.07) is 1.60. The molecule has 0 aliphatic rings. The molecule has 0 fully saturated rings. The summed E-state index contributed by atoms with van der Waals surface area (Å²) < 4.78 is 5.29. The number of nitrogens with one attached hydrogen (secondary N) is 2. The molecule has 0 saturated carbocycles. The Balaban J connectivity index is 1.97. The first-order chi connectivity index (χ1) is 10.5. The quantitative estimate of drug-likeness (QED) is 0.888. The lowest BCUT2D eigenvalue weighted by Crippen LogP contribution is -2.36. The van der Waals surface area contributed by atoms with Crippen LogP contribution in [0.15, 0.2) is 17.6 Å². The Morgan fingerprint density at radius 3 is 2.86 bits per heavy atom. The van der Waals surface area contributed by atoms with E-state index in [1.54, 1.807) is 13.3 Å². The molecule has 2 amide bonds. The number of aromatic nitrogens is 2. The summed E-state index contributed by atoms with van der Waals surface area (Å²) in [5.41, 5.74) is 2.81. The second kappa shape index (κ2) is 7.22. The summed E-state index contributed by atoms with van der Waals surface area (Å²) in [7, 11) is 1.58. The van der Waals surface area contributed by atoms with Gasteiger partial charge >= 0.3 is 6.03 Å². The van der Waals surface area contributed by atoms with Gasteiger partial charge in [-0.15, -0.1) is 11.3 Å². The van der Waals surface area contributed by atoms with Crippen molar-refractivity contribution in [3.8, 4) is 5.88 Å². The Morgan fingerprint density at radius 2 is 2.23 bits per heavy atom. The highest BCUT2D eigenvalue weighted by Crippen LogP contribution is 2.20. The molecule has 0 aliphatic carbocycles. The number of pyridine rings is 1. The van der Waals surface area contributed by atoms with Crippen LogP contribution in [0.25, 0.3) is 0 Å². The molecule has 118 valence electrons. The van der Waals surface area contributed by atoms with Crippen molar-refractivity contribution in [2.24, 2.45) is 0 Å². The van der Waals surface area contributed by atoms with Crippen molar-refractivity contribution in [3.05, 3.63) is 39.5 Å². The molecule has 2 aromatic heterocycles. The molecule has 2 aromatic rings. The van der Waals surface area contributed by atoms with Crippen molar-refractivity contribution >= 4 is 17.4 Å². The summed E-state index contributed by atoms with van der Waals surface area (Å²) in [5, 5.41) is 8.45. The van der Waals surface area contributed by atoms with E-state index in [0.29, 0.717) is 12.4 Å². The number of methoxy groups -OCH3 is 1. The van der Waals surface area contributed by atoms with Crippen LogP contribution in [0.1, 0.15) is 34.8 Å². The number of thiazole rings is 1. The SMILES string of the molecule is COc1nc(C)cc(C)c1CNC(=O)NC(C)c1nccs1. The number of carbonyl (C=O) groups excluding carboxylic acids is 1. The smallest absolute Gasteiger partial charge is 0.315 e. The van der Waals surface area contributed by atoms with Gasteiger partial charge in [0, 0.05) is 22.8 Å². The average molecular weight is 320 g/mol. The molecule has 0 saturated heterocycles. The van der Waals surface area contributed by atoms with Crippen molar-refractivity contribution in [3.63, 3.8) is 0 Å². The third-order valence-corrected chi connectivity index (χ3v) is 4.18. The summed E-state index contributed by atoms with van der Waals surface area (Å²) in [6.45, 7) is 6.15. The van der Waals surface area contributed by atoms with Crippen molar-refractivity contribution < 1.29 is 9.53 Å². The van der Waals surface area contributed by atoms with Gasteiger partial charge in [0.15, 0.2) is 0 Å². The second-order valence-electron chi connectivity index (χ2n) is 4.99. The largest absolute Gasteiger partial charge is 0.481 e. The molecule has 2 rings (SSSR count). The highest BCUT2D eigenvalue weighted by atomic mass is 32.1. The van der Waals surface area contributed by atoms with Crippen LogP contribution in [-0.4, -0.2) is 23.1 Å². The van der Waals surface area contributed by atoms with Gasteiger partial charge in [-0.05, 0) is 32.4 Å². The molecule has 0 aliphatic heterocycles. The third kappa shape index (κ3) is 3.94. The van der Waals surface area contributed by atoms with E-state index >= 15 is 0 Å². The fourth-order valence-corrected chi connectivity index (χ4v) is 2.79. The number of rotatable bonds is 5. The molecular weight excluding hydrogens is 300 g/mol. The average Bonchev–Trinajstić information content (AvgIpc) is 2.99. The topological polar surface area (TPSA) is 76.1 Å². The van der Waals surface area contributed by atoms with Gasteiger partial charge in [-0.3, -0.25) is 0 Å². The fourth-order valence-electron chi connectivity index (χ4n) is 2.14. The summed E-state index contributed by atoms with van der Waals surface area (Å²) in [5.74, 6) is 0.547. The van der Waals surface area contributed by atoms with E-state index in [-0.39, 0.29) is 12.1 Å². The number of aryl methyl sites for hydroxylation is 2. The van der Waals surface area contributed by atoms with Gasteiger partial charge in [0.25, 0.3) is 0 Å². The van der Waals surface area contributed by atoms with Gasteiger partial charge in [0.2, 0.25) is 5.88 Å². The molecule has 0 radical (unpaired) electrons. The van der Waals surface area contributed by atoms with E-state index in [2.05, 4.69) is 20.6 Å². The lowest BCUT2D eigenvalue weighted by Gasteiger charge is -2.15. The number of carbonyl (C=O) groups is 1. The van der Waals surface area contributed by atoms with E-state index in [1.165, 1.54) is 11.3 Å². The van der Waals surface area contributed by atoms with E-state index in [4.69, 9.17) is 4.74 Å². The maximum atomic E-state index is 12.0. The first kappa shape index (κ1) is 16.2. The highest BCUT2D eigenvalue weighted by Gasteiger charge is 2.14. The second-order valence-corrected chi connectivity index (χ2v) is 5.91. The van der Waals surface area contributed by atoms with Crippen molar-refractivity contribution in [2.75, 3.05) is 7.11 Å². The minimum Gasteiger partial charge on any atom is -0.481 e. The minimum absolute atomic E-state index is 0.126. The predicted octanol–water partition coefficient (Wildman–Crippen LogP) is 2.72. The molecule has 22 heavy (non-hydrogen) atoms. The van der Waals surface area contributed by atoms with Crippen LogP contribution < -0.4 is 15.4 Å². The normalized spacial score (nSPS) is 11.8. The van der Waals surface area contributed by atoms with Gasteiger partial charge in [0.05, 0.1) is 19.7 Å². The summed E-state index contributed by atoms with van der Waals surface area (Å²) in [4.78, 5) is 20.5. The van der Waals surface area contributed by atoms with Crippen LogP contribution in [0.3, 0.4) is 0 Å². The van der Waals surface area contributed by atoms with Crippen molar-refractivity contribution in [1.29, 1.82) is 0 Å². The zero-order valence-corrected chi connectivity index (χ0v) is 14.0. The van der Waals surface area contributed by atoms with E-state index in [0.717, 1.165) is 21.8 Å². The van der Waals surface area contributed by atoms with E-state index in [9.17, 15) is 4.79 Å². The van der Waals surface area contributed by atoms with Crippen LogP contribution in [0.5, 0.6) is 5.88 Å². The number of hydrogen-bond acceptors (Lipinski definition) is 5. The molecule has 0 bridgehead atoms. The third-order valence-electron chi connectivity index (χ3n) is 3.23. The van der Waals surface area contributed by atoms with Gasteiger partial charge in [-0.1, -0.05) is 0 Å². The molecule has 7 heteroatoms. The minimum atomic E-state index is -0.246. The Morgan fingerprint density at radius 1 is 1.45 bits per heavy atom. The Labute approximate surface area is 133 Å². The predicted molar refractivity (Wildman–Crippen MR) is 86.2 cm³/mol. The van der Waals surface area contributed by atoms with E-state index < -0.39 is 0 Å². The maximum Gasteiger partial charge on any atom is 0.315 e. The molecule has 2 N–H and O–H groups in total. The number of urea groups is 1. The van der Waals surface area contributed by atoms with Crippen LogP contribution in [0, 0.1) is 13.8 Å². The van der Waals surface area contributed by atoms with Crippen molar-refractivity contribution in [2.45, 2.75) is 33.4 Å². The van der Waals surface area contributed by atoms with E-state index in [1.807, 2.05) is 32.2 Å². The molecule has 1 unspecified atom stereocenters. The standard InChI is InChI=1S/C15H20N4O2S/c1-9-7-10(2)18-13(21-4)12(9)8-17-15(20)19-11(3)14-16-5-6-22-14/h5-7,11H,8H2,1-4H3,(H2,17,19,20). The molecule has 6 nitrogen and oxygen atoms in total.